The van der Waals surface area contributed by atoms with E-state index >= 15 is 0 Å². The van der Waals surface area contributed by atoms with Gasteiger partial charge in [0.05, 0.1) is 0 Å². The number of H-pyrrole nitrogens is 2. The molecule has 30 heavy (non-hydrogen) atoms. The number of pyridine rings is 1. The summed E-state index contributed by atoms with van der Waals surface area (Å²) in [4.78, 5) is 6.18. The van der Waals surface area contributed by atoms with E-state index in [1.54, 1.807) is 41.8 Å². The summed E-state index contributed by atoms with van der Waals surface area (Å²) in [5, 5.41) is 24.7. The maximum absolute atomic E-state index is 11.7. The molecule has 0 unspecified atom stereocenters. The fourth-order valence-electron chi connectivity index (χ4n) is 2.82. The van der Waals surface area contributed by atoms with Gasteiger partial charge in [-0.1, -0.05) is 67.0 Å². The van der Waals surface area contributed by atoms with E-state index in [9.17, 15) is 10.2 Å². The van der Waals surface area contributed by atoms with E-state index in [4.69, 9.17) is 0 Å². The minimum absolute atomic E-state index is 0. The van der Waals surface area contributed by atoms with E-state index in [1.165, 1.54) is 4.70 Å². The van der Waals surface area contributed by atoms with E-state index in [1.807, 2.05) is 54.6 Å². The van der Waals surface area contributed by atoms with Gasteiger partial charge < -0.3 is 10.2 Å². The molecule has 0 atom stereocenters. The summed E-state index contributed by atoms with van der Waals surface area (Å²) in [6, 6.07) is 24.2. The second-order valence-electron chi connectivity index (χ2n) is 5.94. The van der Waals surface area contributed by atoms with Crippen LogP contribution in [0.3, 0.4) is 0 Å². The predicted molar refractivity (Wildman–Crippen MR) is 110 cm³/mol. The number of para-hydroxylation sites is 3. The third-order valence-electron chi connectivity index (χ3n) is 4.14. The Labute approximate surface area is 204 Å². The Balaban J connectivity index is 0.000000288. The van der Waals surface area contributed by atoms with E-state index in [2.05, 4.69) is 9.97 Å². The second kappa shape index (κ2) is 11.8. The number of hydrogen-bond donors (Lipinski definition) is 0. The third kappa shape index (κ3) is 5.67. The van der Waals surface area contributed by atoms with Gasteiger partial charge in [0.1, 0.15) is 4.70 Å². The van der Waals surface area contributed by atoms with E-state index in [-0.39, 0.29) is 56.6 Å². The van der Waals surface area contributed by atoms with Crippen LogP contribution in [0.1, 0.15) is 7.43 Å². The molecule has 0 spiro atoms. The van der Waals surface area contributed by atoms with Crippen molar-refractivity contribution in [3.63, 3.8) is 0 Å². The monoisotopic (exact) mass is 402 g/mol. The quantitative estimate of drug-likeness (QED) is 0.299. The molecule has 7 heteroatoms. The van der Waals surface area contributed by atoms with Gasteiger partial charge in [0.2, 0.25) is 11.0 Å². The van der Waals surface area contributed by atoms with Gasteiger partial charge in [0, 0.05) is 23.1 Å². The maximum atomic E-state index is 11.7. The first kappa shape index (κ1) is 25.8. The van der Waals surface area contributed by atoms with Gasteiger partial charge in [-0.2, -0.15) is 4.98 Å². The second-order valence-corrected chi connectivity index (χ2v) is 6.99. The number of nitrogens with one attached hydrogen (secondary N) is 2. The SMILES string of the molecule is C.[Li+].[Li+].[O-]c1cccc2ccc[nH+]c12.[O-]c1ccccc1-c1[nH+]c2ccccc2s1. The molecule has 0 saturated carbocycles. The number of benzene rings is 3. The molecule has 4 nitrogen and oxygen atoms in total. The summed E-state index contributed by atoms with van der Waals surface area (Å²) in [5.41, 5.74) is 2.49. The summed E-state index contributed by atoms with van der Waals surface area (Å²) >= 11 is 1.61. The van der Waals surface area contributed by atoms with Crippen molar-refractivity contribution in [1.29, 1.82) is 0 Å². The van der Waals surface area contributed by atoms with Gasteiger partial charge in [-0.15, -0.1) is 0 Å². The standard InChI is InChI=1S/C13H9NOS.C9H7NO.CH4.2Li/c15-11-7-3-1-5-9(11)13-14-10-6-2-4-8-12(10)16-13;11-8-5-1-3-7-4-2-6-10-9(7)8;;;/h1-8,15H;1-6,11H;1H4;;/q;;;2*+1. The van der Waals surface area contributed by atoms with Crippen molar-refractivity contribution in [3.8, 4) is 22.1 Å². The average Bonchev–Trinajstić information content (AvgIpc) is 3.13. The summed E-state index contributed by atoms with van der Waals surface area (Å²) in [5.74, 6) is 0.105. The van der Waals surface area contributed by atoms with Crippen LogP contribution in [-0.4, -0.2) is 0 Å². The zero-order valence-corrected chi connectivity index (χ0v) is 17.1. The number of aromatic nitrogens is 2. The van der Waals surface area contributed by atoms with Gasteiger partial charge >= 0.3 is 37.7 Å². The molecule has 0 amide bonds. The van der Waals surface area contributed by atoms with Crippen LogP contribution in [0, 0.1) is 0 Å². The zero-order chi connectivity index (χ0) is 18.6. The van der Waals surface area contributed by atoms with Crippen molar-refractivity contribution in [2.75, 3.05) is 0 Å². The molecule has 2 aromatic heterocycles. The maximum Gasteiger partial charge on any atom is 1.00 e. The Kier molecular flexibility index (Phi) is 10.2. The molecule has 0 aliphatic heterocycles. The van der Waals surface area contributed by atoms with Crippen LogP contribution >= 0.6 is 11.3 Å². The van der Waals surface area contributed by atoms with Crippen molar-refractivity contribution >= 4 is 32.5 Å². The van der Waals surface area contributed by atoms with E-state index in [0.29, 0.717) is 5.52 Å². The molecule has 5 aromatic rings. The summed E-state index contributed by atoms with van der Waals surface area (Å²) in [6.45, 7) is 0. The fourth-order valence-corrected chi connectivity index (χ4v) is 3.85. The van der Waals surface area contributed by atoms with Gasteiger partial charge in [-0.3, -0.25) is 0 Å². The molecule has 2 N–H and O–H groups in total. The first-order valence-corrected chi connectivity index (χ1v) is 9.28. The molecule has 0 aliphatic carbocycles. The molecule has 3 aromatic carbocycles. The Morgan fingerprint density at radius 1 is 0.700 bits per heavy atom. The Morgan fingerprint density at radius 2 is 1.37 bits per heavy atom. The van der Waals surface area contributed by atoms with Crippen LogP contribution < -0.4 is 57.9 Å². The number of fused-ring (bicyclic) bond motifs is 2. The van der Waals surface area contributed by atoms with Crippen LogP contribution in [0.2, 0.25) is 0 Å². The van der Waals surface area contributed by atoms with Crippen LogP contribution in [0.5, 0.6) is 11.5 Å². The molecular weight excluding hydrogens is 382 g/mol. The fraction of sp³-hybridized carbons (Fsp3) is 0.0435. The topological polar surface area (TPSA) is 74.4 Å². The largest absolute Gasteiger partial charge is 1.00 e. The smallest absolute Gasteiger partial charge is 0.872 e. The van der Waals surface area contributed by atoms with Crippen molar-refractivity contribution in [1.82, 2.24) is 0 Å². The van der Waals surface area contributed by atoms with Crippen LogP contribution in [0.15, 0.2) is 85.1 Å². The Morgan fingerprint density at radius 3 is 2.10 bits per heavy atom. The van der Waals surface area contributed by atoms with Crippen molar-refractivity contribution in [2.24, 2.45) is 0 Å². The summed E-state index contributed by atoms with van der Waals surface area (Å²) < 4.78 is 1.17. The van der Waals surface area contributed by atoms with Crippen LogP contribution in [0.25, 0.3) is 31.7 Å². The van der Waals surface area contributed by atoms with Gasteiger partial charge in [-0.25, -0.2) is 4.98 Å². The molecule has 2 heterocycles. The van der Waals surface area contributed by atoms with Crippen molar-refractivity contribution in [2.45, 2.75) is 7.43 Å². The summed E-state index contributed by atoms with van der Waals surface area (Å²) in [7, 11) is 0. The van der Waals surface area contributed by atoms with Crippen LogP contribution in [-0.2, 0) is 0 Å². The molecule has 5 rings (SSSR count). The molecule has 0 fully saturated rings. The van der Waals surface area contributed by atoms with Gasteiger partial charge in [0.15, 0.2) is 6.20 Å². The van der Waals surface area contributed by atoms with E-state index in [0.717, 1.165) is 21.5 Å². The molecular formula is C23H20Li2N2O2S+2. The molecule has 140 valence electrons. The molecule has 0 bridgehead atoms. The molecule has 0 aliphatic rings. The third-order valence-corrected chi connectivity index (χ3v) is 5.24. The first-order valence-electron chi connectivity index (χ1n) is 8.46. The van der Waals surface area contributed by atoms with Gasteiger partial charge in [0.25, 0.3) is 5.01 Å². The molecule has 0 radical (unpaired) electrons. The van der Waals surface area contributed by atoms with Crippen molar-refractivity contribution < 1.29 is 57.9 Å². The average molecular weight is 402 g/mol. The number of rotatable bonds is 1. The van der Waals surface area contributed by atoms with Crippen LogP contribution in [0.4, 0.5) is 0 Å². The Hall–Kier alpha value is -2.25. The normalized spacial score (nSPS) is 9.47. The number of thiazole rings is 1. The number of hydrogen-bond acceptors (Lipinski definition) is 3. The minimum atomic E-state index is 0. The minimum Gasteiger partial charge on any atom is -0.872 e. The zero-order valence-electron chi connectivity index (χ0n) is 16.3. The van der Waals surface area contributed by atoms with Gasteiger partial charge in [-0.05, 0) is 30.0 Å². The Bertz CT molecular complexity index is 1190. The predicted octanol–water partition coefficient (Wildman–Crippen LogP) is -2.17. The number of aromatic amines is 2. The van der Waals surface area contributed by atoms with Crippen molar-refractivity contribution in [3.05, 3.63) is 85.1 Å². The summed E-state index contributed by atoms with van der Waals surface area (Å²) in [6.07, 6.45) is 1.75. The first-order chi connectivity index (χ1) is 13.2. The molecule has 0 saturated heterocycles. The van der Waals surface area contributed by atoms with E-state index < -0.39 is 0 Å².